The van der Waals surface area contributed by atoms with Gasteiger partial charge in [0.2, 0.25) is 0 Å². The van der Waals surface area contributed by atoms with Crippen molar-refractivity contribution in [3.8, 4) is 0 Å². The highest BCUT2D eigenvalue weighted by Gasteiger charge is 2.10. The summed E-state index contributed by atoms with van der Waals surface area (Å²) in [5.41, 5.74) is 2.13. The van der Waals surface area contributed by atoms with Gasteiger partial charge in [-0.3, -0.25) is 0 Å². The Labute approximate surface area is 125 Å². The number of hydrogen-bond acceptors (Lipinski definition) is 5. The third-order valence-corrected chi connectivity index (χ3v) is 3.78. The minimum Gasteiger partial charge on any atom is -0.478 e. The molecule has 0 aliphatic carbocycles. The van der Waals surface area contributed by atoms with Crippen LogP contribution in [0.1, 0.15) is 10.4 Å². The van der Waals surface area contributed by atoms with Crippen LogP contribution in [0.4, 0.5) is 11.7 Å². The summed E-state index contributed by atoms with van der Waals surface area (Å²) in [6.07, 6.45) is 1.99. The van der Waals surface area contributed by atoms with E-state index < -0.39 is 5.97 Å². The number of aromatic carboxylic acids is 1. The van der Waals surface area contributed by atoms with Gasteiger partial charge in [0.1, 0.15) is 5.52 Å². The maximum atomic E-state index is 10.9. The van der Waals surface area contributed by atoms with Gasteiger partial charge in [-0.2, -0.15) is 4.98 Å². The number of hydrogen-bond donors (Lipinski definition) is 2. The van der Waals surface area contributed by atoms with Crippen molar-refractivity contribution < 1.29 is 14.3 Å². The highest BCUT2D eigenvalue weighted by Crippen LogP contribution is 2.29. The van der Waals surface area contributed by atoms with Gasteiger partial charge in [-0.15, -0.1) is 11.8 Å². The third kappa shape index (κ3) is 2.71. The average Bonchev–Trinajstić information content (AvgIpc) is 2.89. The molecular formula is C15H12N2O3S. The zero-order valence-corrected chi connectivity index (χ0v) is 12.0. The number of aromatic nitrogens is 1. The summed E-state index contributed by atoms with van der Waals surface area (Å²) in [6.45, 7) is 0. The Kier molecular flexibility index (Phi) is 3.53. The van der Waals surface area contributed by atoms with Crippen molar-refractivity contribution in [2.75, 3.05) is 11.6 Å². The van der Waals surface area contributed by atoms with Crippen LogP contribution in [-0.2, 0) is 0 Å². The second-order valence-corrected chi connectivity index (χ2v) is 5.18. The predicted octanol–water partition coefficient (Wildman–Crippen LogP) is 3.99. The lowest BCUT2D eigenvalue weighted by Crippen LogP contribution is -1.94. The van der Waals surface area contributed by atoms with Gasteiger partial charge < -0.3 is 14.8 Å². The first kappa shape index (κ1) is 13.5. The predicted molar refractivity (Wildman–Crippen MR) is 82.5 cm³/mol. The minimum absolute atomic E-state index is 0.176. The molecule has 0 aliphatic heterocycles. The van der Waals surface area contributed by atoms with Crippen LogP contribution in [0.25, 0.3) is 11.1 Å². The second kappa shape index (κ2) is 5.49. The first-order chi connectivity index (χ1) is 10.2. The van der Waals surface area contributed by atoms with Crippen LogP contribution in [0.3, 0.4) is 0 Å². The topological polar surface area (TPSA) is 75.4 Å². The molecule has 3 rings (SSSR count). The first-order valence-electron chi connectivity index (χ1n) is 6.21. The number of carbonyl (C=O) groups is 1. The van der Waals surface area contributed by atoms with Crippen LogP contribution in [0.5, 0.6) is 0 Å². The summed E-state index contributed by atoms with van der Waals surface area (Å²) in [5, 5.41) is 12.1. The molecule has 0 saturated heterocycles. The molecule has 0 amide bonds. The maximum Gasteiger partial charge on any atom is 0.335 e. The molecule has 0 aliphatic rings. The number of benzene rings is 2. The zero-order valence-electron chi connectivity index (χ0n) is 11.2. The van der Waals surface area contributed by atoms with E-state index in [-0.39, 0.29) is 5.56 Å². The normalized spacial score (nSPS) is 10.7. The van der Waals surface area contributed by atoms with E-state index in [9.17, 15) is 4.79 Å². The third-order valence-electron chi connectivity index (χ3n) is 2.98. The summed E-state index contributed by atoms with van der Waals surface area (Å²) in [4.78, 5) is 16.3. The molecule has 0 saturated carbocycles. The molecule has 2 N–H and O–H groups in total. The lowest BCUT2D eigenvalue weighted by atomic mass is 10.2. The van der Waals surface area contributed by atoms with E-state index in [0.29, 0.717) is 17.1 Å². The van der Waals surface area contributed by atoms with Gasteiger partial charge in [0.15, 0.2) is 5.58 Å². The SMILES string of the molecule is CSc1ccccc1Nc1nc2ccc(C(=O)O)cc2o1. The van der Waals surface area contributed by atoms with Crippen LogP contribution in [0.15, 0.2) is 51.8 Å². The molecular weight excluding hydrogens is 288 g/mol. The van der Waals surface area contributed by atoms with Gasteiger partial charge in [0, 0.05) is 4.90 Å². The summed E-state index contributed by atoms with van der Waals surface area (Å²) in [5.74, 6) is -0.990. The maximum absolute atomic E-state index is 10.9. The molecule has 5 nitrogen and oxygen atoms in total. The van der Waals surface area contributed by atoms with Crippen molar-refractivity contribution in [3.63, 3.8) is 0 Å². The Morgan fingerprint density at radius 1 is 1.29 bits per heavy atom. The van der Waals surface area contributed by atoms with E-state index in [1.54, 1.807) is 17.8 Å². The van der Waals surface area contributed by atoms with E-state index in [1.807, 2.05) is 30.5 Å². The quantitative estimate of drug-likeness (QED) is 0.709. The monoisotopic (exact) mass is 300 g/mol. The van der Waals surface area contributed by atoms with Crippen LogP contribution in [0, 0.1) is 0 Å². The molecule has 0 bridgehead atoms. The summed E-state index contributed by atoms with van der Waals surface area (Å²) in [7, 11) is 0. The molecule has 1 heterocycles. The molecule has 106 valence electrons. The Hall–Kier alpha value is -2.47. The summed E-state index contributed by atoms with van der Waals surface area (Å²) in [6, 6.07) is 12.8. The van der Waals surface area contributed by atoms with Gasteiger partial charge >= 0.3 is 5.97 Å². The molecule has 0 atom stereocenters. The van der Waals surface area contributed by atoms with Crippen molar-refractivity contribution in [1.82, 2.24) is 4.98 Å². The molecule has 0 radical (unpaired) electrons. The van der Waals surface area contributed by atoms with Crippen molar-refractivity contribution in [2.45, 2.75) is 4.90 Å². The van der Waals surface area contributed by atoms with Crippen LogP contribution >= 0.6 is 11.8 Å². The Morgan fingerprint density at radius 2 is 2.10 bits per heavy atom. The number of anilines is 2. The molecule has 21 heavy (non-hydrogen) atoms. The van der Waals surface area contributed by atoms with Gasteiger partial charge in [-0.25, -0.2) is 4.79 Å². The van der Waals surface area contributed by atoms with E-state index in [1.165, 1.54) is 12.1 Å². The van der Waals surface area contributed by atoms with Crippen molar-refractivity contribution in [2.24, 2.45) is 0 Å². The number of nitrogens with zero attached hydrogens (tertiary/aromatic N) is 1. The van der Waals surface area contributed by atoms with Gasteiger partial charge in [0.25, 0.3) is 6.01 Å². The molecule has 0 spiro atoms. The van der Waals surface area contributed by atoms with Crippen LogP contribution < -0.4 is 5.32 Å². The zero-order chi connectivity index (χ0) is 14.8. The standard InChI is InChI=1S/C15H12N2O3S/c1-21-13-5-3-2-4-11(13)17-15-16-10-7-6-9(14(18)19)8-12(10)20-15/h2-8H,1H3,(H,16,17)(H,18,19). The van der Waals surface area contributed by atoms with Gasteiger partial charge in [-0.05, 0) is 36.6 Å². The second-order valence-electron chi connectivity index (χ2n) is 4.33. The highest BCUT2D eigenvalue weighted by molar-refractivity contribution is 7.98. The van der Waals surface area contributed by atoms with Gasteiger partial charge in [-0.1, -0.05) is 12.1 Å². The first-order valence-corrected chi connectivity index (χ1v) is 7.44. The van der Waals surface area contributed by atoms with E-state index in [0.717, 1.165) is 10.6 Å². The Morgan fingerprint density at radius 3 is 2.86 bits per heavy atom. The number of carboxylic acid groups (broad SMARTS) is 1. The molecule has 3 aromatic rings. The number of thioether (sulfide) groups is 1. The molecule has 0 fully saturated rings. The molecule has 0 unspecified atom stereocenters. The number of fused-ring (bicyclic) bond motifs is 1. The van der Waals surface area contributed by atoms with Crippen molar-refractivity contribution in [3.05, 3.63) is 48.0 Å². The minimum atomic E-state index is -0.990. The summed E-state index contributed by atoms with van der Waals surface area (Å²) < 4.78 is 5.57. The number of carboxylic acids is 1. The fourth-order valence-corrected chi connectivity index (χ4v) is 2.53. The largest absolute Gasteiger partial charge is 0.478 e. The molecule has 2 aromatic carbocycles. The van der Waals surface area contributed by atoms with E-state index in [4.69, 9.17) is 9.52 Å². The van der Waals surface area contributed by atoms with Crippen LogP contribution in [0.2, 0.25) is 0 Å². The number of nitrogens with one attached hydrogen (secondary N) is 1. The number of para-hydroxylation sites is 1. The van der Waals surface area contributed by atoms with E-state index in [2.05, 4.69) is 10.3 Å². The van der Waals surface area contributed by atoms with Crippen LogP contribution in [-0.4, -0.2) is 22.3 Å². The van der Waals surface area contributed by atoms with Crippen molar-refractivity contribution in [1.29, 1.82) is 0 Å². The fraction of sp³-hybridized carbons (Fsp3) is 0.0667. The highest BCUT2D eigenvalue weighted by atomic mass is 32.2. The number of oxazole rings is 1. The molecule has 1 aromatic heterocycles. The Bertz CT molecular complexity index is 814. The lowest BCUT2D eigenvalue weighted by molar-refractivity contribution is 0.0697. The fourth-order valence-electron chi connectivity index (χ4n) is 1.97. The van der Waals surface area contributed by atoms with Gasteiger partial charge in [0.05, 0.1) is 11.3 Å². The average molecular weight is 300 g/mol. The number of rotatable bonds is 4. The smallest absolute Gasteiger partial charge is 0.335 e. The van der Waals surface area contributed by atoms with Crippen molar-refractivity contribution >= 4 is 40.5 Å². The Balaban J connectivity index is 1.96. The van der Waals surface area contributed by atoms with E-state index >= 15 is 0 Å². The summed E-state index contributed by atoms with van der Waals surface area (Å²) >= 11 is 1.62. The lowest BCUT2D eigenvalue weighted by Gasteiger charge is -2.06. The molecule has 6 heteroatoms.